The van der Waals surface area contributed by atoms with Crippen molar-refractivity contribution in [2.75, 3.05) is 34.4 Å². The third-order valence-electron chi connectivity index (χ3n) is 4.10. The summed E-state index contributed by atoms with van der Waals surface area (Å²) in [5.41, 5.74) is 2.48. The minimum atomic E-state index is -0.0443. The average molecular weight is 355 g/mol. The fraction of sp³-hybridized carbons (Fsp3) is 0.364. The zero-order valence-electron chi connectivity index (χ0n) is 16.0. The molecule has 26 heavy (non-hydrogen) atoms. The van der Waals surface area contributed by atoms with Crippen molar-refractivity contribution in [2.45, 2.75) is 18.9 Å². The van der Waals surface area contributed by atoms with Crippen LogP contribution in [0.25, 0.3) is 0 Å². The molecule has 0 fully saturated rings. The van der Waals surface area contributed by atoms with Crippen molar-refractivity contribution in [2.24, 2.45) is 0 Å². The summed E-state index contributed by atoms with van der Waals surface area (Å²) in [6.07, 6.45) is 3.31. The second-order valence-electron chi connectivity index (χ2n) is 6.45. The lowest BCUT2D eigenvalue weighted by atomic mass is 10.0. The topological polar surface area (TPSA) is 30.9 Å². The van der Waals surface area contributed by atoms with Crippen molar-refractivity contribution >= 4 is 0 Å². The van der Waals surface area contributed by atoms with Gasteiger partial charge in [0, 0.05) is 6.54 Å². The molecule has 0 saturated carbocycles. The number of hydrogen-bond donors (Lipinski definition) is 0. The Balaban J connectivity index is 1.96. The first-order valence-electron chi connectivity index (χ1n) is 8.87. The van der Waals surface area contributed by atoms with E-state index in [0.29, 0.717) is 6.61 Å². The van der Waals surface area contributed by atoms with Crippen LogP contribution in [-0.2, 0) is 17.6 Å². The Morgan fingerprint density at radius 3 is 2.42 bits per heavy atom. The lowest BCUT2D eigenvalue weighted by Crippen LogP contribution is -2.32. The molecule has 0 spiro atoms. The highest BCUT2D eigenvalue weighted by Gasteiger charge is 2.12. The molecule has 0 aliphatic carbocycles. The van der Waals surface area contributed by atoms with Gasteiger partial charge in [-0.15, -0.1) is 0 Å². The minimum Gasteiger partial charge on any atom is -0.497 e. The van der Waals surface area contributed by atoms with Gasteiger partial charge in [0.2, 0.25) is 0 Å². The van der Waals surface area contributed by atoms with Crippen LogP contribution in [-0.4, -0.2) is 45.4 Å². The van der Waals surface area contributed by atoms with Crippen LogP contribution in [0.15, 0.2) is 61.4 Å². The molecule has 0 bridgehead atoms. The number of rotatable bonds is 11. The van der Waals surface area contributed by atoms with Gasteiger partial charge in [-0.2, -0.15) is 0 Å². The van der Waals surface area contributed by atoms with E-state index < -0.39 is 0 Å². The number of benzene rings is 2. The quantitative estimate of drug-likeness (QED) is 0.571. The van der Waals surface area contributed by atoms with Crippen molar-refractivity contribution in [3.63, 3.8) is 0 Å². The van der Waals surface area contributed by atoms with Crippen molar-refractivity contribution < 1.29 is 14.2 Å². The molecule has 0 N–H and O–H groups in total. The molecule has 0 amide bonds. The molecule has 140 valence electrons. The van der Waals surface area contributed by atoms with Gasteiger partial charge in [-0.25, -0.2) is 0 Å². The number of likely N-dealkylation sites (N-methyl/N-ethyl adjacent to an activating group) is 1. The van der Waals surface area contributed by atoms with Crippen LogP contribution in [0.5, 0.6) is 11.5 Å². The molecule has 4 heteroatoms. The fourth-order valence-corrected chi connectivity index (χ4v) is 2.78. The SMILES string of the molecule is C=COC(COc1ccccc1CCc1ccc(OC)cc1)CN(C)C. The molecule has 2 aromatic rings. The Morgan fingerprint density at radius 2 is 1.77 bits per heavy atom. The highest BCUT2D eigenvalue weighted by atomic mass is 16.5. The standard InChI is InChI=1S/C22H29NO3/c1-5-25-21(16-23(2)3)17-26-22-9-7-6-8-19(22)13-10-18-11-14-20(24-4)15-12-18/h5-9,11-12,14-15,21H,1,10,13,16-17H2,2-4H3. The van der Waals surface area contributed by atoms with E-state index in [9.17, 15) is 0 Å². The zero-order valence-corrected chi connectivity index (χ0v) is 16.0. The normalized spacial score (nSPS) is 11.8. The molecular formula is C22H29NO3. The van der Waals surface area contributed by atoms with E-state index >= 15 is 0 Å². The molecule has 4 nitrogen and oxygen atoms in total. The zero-order chi connectivity index (χ0) is 18.8. The molecule has 2 rings (SSSR count). The molecule has 0 aliphatic rings. The number of nitrogens with zero attached hydrogens (tertiary/aromatic N) is 1. The predicted molar refractivity (Wildman–Crippen MR) is 106 cm³/mol. The van der Waals surface area contributed by atoms with Gasteiger partial charge >= 0.3 is 0 Å². The van der Waals surface area contributed by atoms with Crippen LogP contribution >= 0.6 is 0 Å². The fourth-order valence-electron chi connectivity index (χ4n) is 2.78. The Kier molecular flexibility index (Phi) is 8.03. The highest BCUT2D eigenvalue weighted by Crippen LogP contribution is 2.21. The number of aryl methyl sites for hydroxylation is 2. The van der Waals surface area contributed by atoms with E-state index in [0.717, 1.165) is 30.9 Å². The summed E-state index contributed by atoms with van der Waals surface area (Å²) in [6, 6.07) is 16.4. The first-order valence-corrected chi connectivity index (χ1v) is 8.87. The van der Waals surface area contributed by atoms with Gasteiger partial charge in [-0.05, 0) is 56.3 Å². The highest BCUT2D eigenvalue weighted by molar-refractivity contribution is 5.35. The maximum Gasteiger partial charge on any atom is 0.144 e. The van der Waals surface area contributed by atoms with E-state index in [1.54, 1.807) is 7.11 Å². The lowest BCUT2D eigenvalue weighted by Gasteiger charge is -2.21. The number of hydrogen-bond acceptors (Lipinski definition) is 4. The molecule has 1 atom stereocenters. The smallest absolute Gasteiger partial charge is 0.144 e. The summed E-state index contributed by atoms with van der Waals surface area (Å²) >= 11 is 0. The first kappa shape index (κ1) is 19.9. The van der Waals surface area contributed by atoms with Gasteiger partial charge in [0.15, 0.2) is 0 Å². The van der Waals surface area contributed by atoms with Crippen molar-refractivity contribution in [3.8, 4) is 11.5 Å². The van der Waals surface area contributed by atoms with Gasteiger partial charge in [0.25, 0.3) is 0 Å². The van der Waals surface area contributed by atoms with Gasteiger partial charge in [-0.3, -0.25) is 0 Å². The number of ether oxygens (including phenoxy) is 3. The summed E-state index contributed by atoms with van der Waals surface area (Å²) in [6.45, 7) is 4.92. The van der Waals surface area contributed by atoms with Crippen molar-refractivity contribution in [3.05, 3.63) is 72.5 Å². The maximum absolute atomic E-state index is 6.06. The van der Waals surface area contributed by atoms with E-state index in [-0.39, 0.29) is 6.10 Å². The summed E-state index contributed by atoms with van der Waals surface area (Å²) in [5, 5.41) is 0. The van der Waals surface area contributed by atoms with Gasteiger partial charge in [0.1, 0.15) is 24.2 Å². The molecular weight excluding hydrogens is 326 g/mol. The molecule has 0 aliphatic heterocycles. The van der Waals surface area contributed by atoms with E-state index in [1.165, 1.54) is 17.4 Å². The van der Waals surface area contributed by atoms with Crippen LogP contribution in [0, 0.1) is 0 Å². The van der Waals surface area contributed by atoms with E-state index in [4.69, 9.17) is 14.2 Å². The summed E-state index contributed by atoms with van der Waals surface area (Å²) in [4.78, 5) is 2.08. The third kappa shape index (κ3) is 6.45. The summed E-state index contributed by atoms with van der Waals surface area (Å²) in [5.74, 6) is 1.80. The molecule has 0 aromatic heterocycles. The van der Waals surface area contributed by atoms with Crippen molar-refractivity contribution in [1.82, 2.24) is 4.90 Å². The van der Waals surface area contributed by atoms with Crippen LogP contribution in [0.1, 0.15) is 11.1 Å². The molecule has 0 saturated heterocycles. The van der Waals surface area contributed by atoms with Gasteiger partial charge in [-0.1, -0.05) is 36.9 Å². The summed E-state index contributed by atoms with van der Waals surface area (Å²) < 4.78 is 16.8. The number of methoxy groups -OCH3 is 1. The molecule has 2 aromatic carbocycles. The van der Waals surface area contributed by atoms with Crippen LogP contribution < -0.4 is 9.47 Å². The largest absolute Gasteiger partial charge is 0.497 e. The molecule has 0 radical (unpaired) electrons. The maximum atomic E-state index is 6.06. The Bertz CT molecular complexity index is 667. The van der Waals surface area contributed by atoms with Gasteiger partial charge < -0.3 is 19.1 Å². The van der Waals surface area contributed by atoms with E-state index in [1.807, 2.05) is 44.4 Å². The lowest BCUT2D eigenvalue weighted by molar-refractivity contribution is 0.0670. The Hall–Kier alpha value is -2.46. The average Bonchev–Trinajstić information content (AvgIpc) is 2.65. The van der Waals surface area contributed by atoms with Gasteiger partial charge in [0.05, 0.1) is 13.4 Å². The molecule has 1 unspecified atom stereocenters. The van der Waals surface area contributed by atoms with Crippen LogP contribution in [0.2, 0.25) is 0 Å². The Labute approximate surface area is 157 Å². The van der Waals surface area contributed by atoms with Crippen LogP contribution in [0.4, 0.5) is 0 Å². The third-order valence-corrected chi connectivity index (χ3v) is 4.10. The minimum absolute atomic E-state index is 0.0443. The number of para-hydroxylation sites is 1. The second kappa shape index (κ2) is 10.5. The van der Waals surface area contributed by atoms with E-state index in [2.05, 4.69) is 29.7 Å². The Morgan fingerprint density at radius 1 is 1.04 bits per heavy atom. The second-order valence-corrected chi connectivity index (χ2v) is 6.45. The summed E-state index contributed by atoms with van der Waals surface area (Å²) in [7, 11) is 5.72. The molecule has 0 heterocycles. The van der Waals surface area contributed by atoms with Crippen molar-refractivity contribution in [1.29, 1.82) is 0 Å². The monoisotopic (exact) mass is 355 g/mol. The van der Waals surface area contributed by atoms with Crippen LogP contribution in [0.3, 0.4) is 0 Å². The predicted octanol–water partition coefficient (Wildman–Crippen LogP) is 3.95. The first-order chi connectivity index (χ1) is 12.6.